The Labute approximate surface area is 185 Å². The molecule has 31 heavy (non-hydrogen) atoms. The van der Waals surface area contributed by atoms with Gasteiger partial charge in [0.15, 0.2) is 5.11 Å². The Morgan fingerprint density at radius 3 is 2.74 bits per heavy atom. The molecule has 0 unspecified atom stereocenters. The summed E-state index contributed by atoms with van der Waals surface area (Å²) in [6.07, 6.45) is 2.50. The van der Waals surface area contributed by atoms with E-state index < -0.39 is 0 Å². The number of benzene rings is 1. The average Bonchev–Trinajstić information content (AvgIpc) is 3.09. The summed E-state index contributed by atoms with van der Waals surface area (Å²) in [7, 11) is 1.63. The summed E-state index contributed by atoms with van der Waals surface area (Å²) < 4.78 is 18.6. The first-order chi connectivity index (χ1) is 14.9. The van der Waals surface area contributed by atoms with Crippen LogP contribution < -0.4 is 16.0 Å². The third kappa shape index (κ3) is 6.69. The Bertz CT molecular complexity index is 1060. The normalized spacial score (nSPS) is 11.5. The van der Waals surface area contributed by atoms with Crippen LogP contribution in [0.3, 0.4) is 0 Å². The number of aromatic nitrogens is 3. The summed E-state index contributed by atoms with van der Waals surface area (Å²) in [5.41, 5.74) is 3.57. The van der Waals surface area contributed by atoms with Crippen molar-refractivity contribution in [1.29, 1.82) is 0 Å². The van der Waals surface area contributed by atoms with Crippen molar-refractivity contribution >= 4 is 40.1 Å². The van der Waals surface area contributed by atoms with Crippen LogP contribution in [0.4, 0.5) is 10.3 Å². The lowest BCUT2D eigenvalue weighted by molar-refractivity contribution is 0.204. The summed E-state index contributed by atoms with van der Waals surface area (Å²) in [5.74, 6) is 0.587. The number of methoxy groups -OCH3 is 1. The van der Waals surface area contributed by atoms with Crippen molar-refractivity contribution in [1.82, 2.24) is 25.6 Å². The maximum absolute atomic E-state index is 13.6. The summed E-state index contributed by atoms with van der Waals surface area (Å²) in [6, 6.07) is 6.59. The number of fused-ring (bicyclic) bond motifs is 1. The van der Waals surface area contributed by atoms with Crippen LogP contribution in [0.5, 0.6) is 0 Å². The highest BCUT2D eigenvalue weighted by atomic mass is 32.1. The lowest BCUT2D eigenvalue weighted by Crippen LogP contribution is -2.43. The molecule has 0 saturated heterocycles. The highest BCUT2D eigenvalue weighted by Gasteiger charge is 2.08. The molecule has 0 aliphatic carbocycles. The molecule has 2 aromatic heterocycles. The van der Waals surface area contributed by atoms with Gasteiger partial charge in [0.05, 0.1) is 6.61 Å². The van der Waals surface area contributed by atoms with Gasteiger partial charge in [-0.25, -0.2) is 14.4 Å². The van der Waals surface area contributed by atoms with Crippen molar-refractivity contribution in [2.45, 2.75) is 20.3 Å². The van der Waals surface area contributed by atoms with E-state index in [2.05, 4.69) is 35.9 Å². The summed E-state index contributed by atoms with van der Waals surface area (Å²) >= 11 is 5.33. The number of rotatable bonds is 7. The zero-order chi connectivity index (χ0) is 22.2. The van der Waals surface area contributed by atoms with E-state index in [1.54, 1.807) is 13.2 Å². The number of nitrogens with zero attached hydrogens (tertiary/aromatic N) is 3. The minimum Gasteiger partial charge on any atom is -0.383 e. The van der Waals surface area contributed by atoms with E-state index in [1.807, 2.05) is 26.1 Å². The number of nitrogens with one attached hydrogen (secondary N) is 4. The van der Waals surface area contributed by atoms with Gasteiger partial charge in [-0.05, 0) is 62.3 Å². The fraction of sp³-hybridized carbons (Fsp3) is 0.333. The van der Waals surface area contributed by atoms with Gasteiger partial charge < -0.3 is 20.4 Å². The number of anilines is 1. The van der Waals surface area contributed by atoms with Crippen LogP contribution in [0.2, 0.25) is 0 Å². The number of thiocarbonyl (C=S) groups is 1. The van der Waals surface area contributed by atoms with E-state index in [4.69, 9.17) is 17.0 Å². The van der Waals surface area contributed by atoms with Crippen LogP contribution in [0, 0.1) is 19.7 Å². The van der Waals surface area contributed by atoms with E-state index in [9.17, 15) is 4.39 Å². The first kappa shape index (κ1) is 22.6. The maximum atomic E-state index is 13.6. The molecule has 0 bridgehead atoms. The van der Waals surface area contributed by atoms with Crippen molar-refractivity contribution in [3.8, 4) is 0 Å². The summed E-state index contributed by atoms with van der Waals surface area (Å²) in [4.78, 5) is 16.5. The molecule has 0 saturated carbocycles. The number of aliphatic imine (C=N–C) groups is 1. The number of halogens is 1. The topological polar surface area (TPSA) is 99.2 Å². The zero-order valence-electron chi connectivity index (χ0n) is 17.8. The van der Waals surface area contributed by atoms with Crippen LogP contribution in [-0.4, -0.2) is 52.8 Å². The molecule has 3 aromatic rings. The summed E-state index contributed by atoms with van der Waals surface area (Å²) in [5, 5.41) is 10.4. The van der Waals surface area contributed by atoms with Gasteiger partial charge in [0.1, 0.15) is 5.82 Å². The molecular weight excluding hydrogens is 417 g/mol. The molecular formula is C21H26FN7OS. The SMILES string of the molecule is COCCNC(=S)NC(=NCCc1c[nH]c2ccc(F)cc12)Nc1nc(C)cc(C)n1. The van der Waals surface area contributed by atoms with Crippen molar-refractivity contribution < 1.29 is 9.13 Å². The Morgan fingerprint density at radius 1 is 1.23 bits per heavy atom. The van der Waals surface area contributed by atoms with E-state index in [0.717, 1.165) is 27.9 Å². The minimum atomic E-state index is -0.264. The highest BCUT2D eigenvalue weighted by molar-refractivity contribution is 7.80. The number of aryl methyl sites for hydroxylation is 2. The van der Waals surface area contributed by atoms with Crippen LogP contribution in [0.1, 0.15) is 17.0 Å². The van der Waals surface area contributed by atoms with E-state index in [1.165, 1.54) is 12.1 Å². The van der Waals surface area contributed by atoms with Crippen molar-refractivity contribution in [2.75, 3.05) is 32.1 Å². The molecule has 4 N–H and O–H groups in total. The second-order valence-corrected chi connectivity index (χ2v) is 7.37. The van der Waals surface area contributed by atoms with Crippen LogP contribution >= 0.6 is 12.2 Å². The molecule has 0 aliphatic heterocycles. The molecule has 2 heterocycles. The molecule has 3 rings (SSSR count). The monoisotopic (exact) mass is 443 g/mol. The third-order valence-electron chi connectivity index (χ3n) is 4.42. The predicted molar refractivity (Wildman–Crippen MR) is 125 cm³/mol. The molecule has 1 aromatic carbocycles. The molecule has 10 heteroatoms. The quantitative estimate of drug-likeness (QED) is 0.193. The first-order valence-electron chi connectivity index (χ1n) is 9.87. The lowest BCUT2D eigenvalue weighted by Gasteiger charge is -2.14. The number of H-pyrrole nitrogens is 1. The van der Waals surface area contributed by atoms with Gasteiger partial charge in [-0.2, -0.15) is 0 Å². The molecule has 0 aliphatic rings. The van der Waals surface area contributed by atoms with Gasteiger partial charge in [0, 0.05) is 48.7 Å². The van der Waals surface area contributed by atoms with E-state index in [-0.39, 0.29) is 5.82 Å². The van der Waals surface area contributed by atoms with Gasteiger partial charge in [-0.3, -0.25) is 10.3 Å². The van der Waals surface area contributed by atoms with E-state index >= 15 is 0 Å². The Balaban J connectivity index is 1.72. The Hall–Kier alpha value is -3.11. The van der Waals surface area contributed by atoms with Crippen LogP contribution in [-0.2, 0) is 11.2 Å². The molecule has 0 radical (unpaired) electrons. The third-order valence-corrected chi connectivity index (χ3v) is 4.66. The first-order valence-corrected chi connectivity index (χ1v) is 10.3. The molecule has 0 atom stereocenters. The fourth-order valence-electron chi connectivity index (χ4n) is 3.06. The molecule has 0 spiro atoms. The number of hydrogen-bond acceptors (Lipinski definition) is 5. The Kier molecular flexibility index (Phi) is 7.85. The van der Waals surface area contributed by atoms with Gasteiger partial charge in [0.25, 0.3) is 0 Å². The molecule has 0 fully saturated rings. The maximum Gasteiger partial charge on any atom is 0.229 e. The van der Waals surface area contributed by atoms with Gasteiger partial charge in [-0.1, -0.05) is 0 Å². The second kappa shape index (κ2) is 10.8. The Morgan fingerprint density at radius 2 is 2.00 bits per heavy atom. The van der Waals surface area contributed by atoms with Crippen molar-refractivity contribution in [3.05, 3.63) is 53.2 Å². The number of ether oxygens (including phenoxy) is 1. The van der Waals surface area contributed by atoms with Crippen LogP contribution in [0.15, 0.2) is 35.5 Å². The number of guanidine groups is 1. The standard InChI is InChI=1S/C21H26FN7OS/c1-13-10-14(2)27-20(26-13)28-19(29-21(31)24-8-9-30-3)23-7-6-15-12-25-18-5-4-16(22)11-17(15)18/h4-5,10-12,25H,6-9H2,1-3H3,(H3,23,24,26,27,28,29,31). The largest absolute Gasteiger partial charge is 0.383 e. The highest BCUT2D eigenvalue weighted by Crippen LogP contribution is 2.19. The molecule has 0 amide bonds. The average molecular weight is 444 g/mol. The lowest BCUT2D eigenvalue weighted by atomic mass is 10.1. The molecule has 8 nitrogen and oxygen atoms in total. The smallest absolute Gasteiger partial charge is 0.229 e. The number of aromatic amines is 1. The number of hydrogen-bond donors (Lipinski definition) is 4. The predicted octanol–water partition coefficient (Wildman–Crippen LogP) is 2.83. The summed E-state index contributed by atoms with van der Waals surface area (Å²) in [6.45, 7) is 5.34. The van der Waals surface area contributed by atoms with Gasteiger partial charge in [0.2, 0.25) is 11.9 Å². The second-order valence-electron chi connectivity index (χ2n) is 6.96. The van der Waals surface area contributed by atoms with Gasteiger partial charge >= 0.3 is 0 Å². The van der Waals surface area contributed by atoms with Gasteiger partial charge in [-0.15, -0.1) is 0 Å². The van der Waals surface area contributed by atoms with Crippen LogP contribution in [0.25, 0.3) is 10.9 Å². The molecule has 164 valence electrons. The van der Waals surface area contributed by atoms with E-state index in [0.29, 0.717) is 43.1 Å². The minimum absolute atomic E-state index is 0.264. The van der Waals surface area contributed by atoms with Crippen molar-refractivity contribution in [2.24, 2.45) is 4.99 Å². The van der Waals surface area contributed by atoms with Crippen molar-refractivity contribution in [3.63, 3.8) is 0 Å². The zero-order valence-corrected chi connectivity index (χ0v) is 18.6. The fourth-order valence-corrected chi connectivity index (χ4v) is 3.26.